The highest BCUT2D eigenvalue weighted by molar-refractivity contribution is 6.02. The molecule has 2 aliphatic rings. The molecule has 4 aromatic rings. The Morgan fingerprint density at radius 2 is 1.92 bits per heavy atom. The number of piperazine rings is 1. The molecule has 1 saturated heterocycles. The number of hydrogen-bond acceptors (Lipinski definition) is 7. The molecule has 6 rings (SSSR count). The van der Waals surface area contributed by atoms with Crippen LogP contribution in [-0.4, -0.2) is 66.2 Å². The highest BCUT2D eigenvalue weighted by Gasteiger charge is 2.54. The highest BCUT2D eigenvalue weighted by atomic mass is 19.1. The largest absolute Gasteiger partial charge is 0.381 e. The summed E-state index contributed by atoms with van der Waals surface area (Å²) in [6.07, 6.45) is 6.57. The van der Waals surface area contributed by atoms with Gasteiger partial charge in [0.2, 0.25) is 0 Å². The summed E-state index contributed by atoms with van der Waals surface area (Å²) in [7, 11) is 0. The van der Waals surface area contributed by atoms with Crippen molar-refractivity contribution in [2.45, 2.75) is 37.8 Å². The van der Waals surface area contributed by atoms with Gasteiger partial charge in [-0.2, -0.15) is 5.26 Å². The van der Waals surface area contributed by atoms with Crippen molar-refractivity contribution in [2.75, 3.05) is 24.5 Å². The third kappa shape index (κ3) is 3.87. The Hall–Kier alpha value is -4.36. The van der Waals surface area contributed by atoms with Crippen LogP contribution in [0.4, 0.5) is 10.2 Å². The maximum atomic E-state index is 15.1. The number of carbonyl (C=O) groups excluding carboxylic acids is 1. The summed E-state index contributed by atoms with van der Waals surface area (Å²) < 4.78 is 16.9. The standard InChI is InChI=1S/C28H26FN7O2/c1-27(2,38)26(37)34-11-12-36(28(16-34)8-9-28)25-23-20(19-5-3-4-6-21(19)29)15-35(24(23)32-17-33-25)22-13-18(14-30)7-10-31-22/h3-7,10,13,15,17,38H,8-9,11-12,16H2,1-2H3. The van der Waals surface area contributed by atoms with E-state index in [2.05, 4.69) is 20.9 Å². The van der Waals surface area contributed by atoms with Gasteiger partial charge in [0.05, 0.1) is 22.6 Å². The molecule has 1 amide bonds. The van der Waals surface area contributed by atoms with Crippen molar-refractivity contribution in [3.63, 3.8) is 0 Å². The first-order valence-corrected chi connectivity index (χ1v) is 12.5. The van der Waals surface area contributed by atoms with Crippen molar-refractivity contribution in [3.05, 3.63) is 66.5 Å². The topological polar surface area (TPSA) is 111 Å². The monoisotopic (exact) mass is 511 g/mol. The fourth-order valence-corrected chi connectivity index (χ4v) is 5.37. The number of fused-ring (bicyclic) bond motifs is 1. The maximum absolute atomic E-state index is 15.1. The summed E-state index contributed by atoms with van der Waals surface area (Å²) in [6.45, 7) is 4.43. The van der Waals surface area contributed by atoms with Crippen molar-refractivity contribution < 1.29 is 14.3 Å². The van der Waals surface area contributed by atoms with Gasteiger partial charge in [0, 0.05) is 43.2 Å². The summed E-state index contributed by atoms with van der Waals surface area (Å²) in [5.41, 5.74) is 0.257. The van der Waals surface area contributed by atoms with Gasteiger partial charge in [0.15, 0.2) is 5.65 Å². The van der Waals surface area contributed by atoms with Crippen molar-refractivity contribution in [3.8, 4) is 23.0 Å². The third-order valence-corrected chi connectivity index (χ3v) is 7.39. The van der Waals surface area contributed by atoms with Gasteiger partial charge in [-0.3, -0.25) is 9.36 Å². The molecule has 38 heavy (non-hydrogen) atoms. The number of nitriles is 1. The van der Waals surface area contributed by atoms with Crippen molar-refractivity contribution in [1.82, 2.24) is 24.4 Å². The van der Waals surface area contributed by atoms with Crippen LogP contribution in [0.1, 0.15) is 32.3 Å². The van der Waals surface area contributed by atoms with Gasteiger partial charge in [0.25, 0.3) is 5.91 Å². The average Bonchev–Trinajstić information content (AvgIpc) is 3.56. The first kappa shape index (κ1) is 24.0. The first-order chi connectivity index (χ1) is 18.2. The van der Waals surface area contributed by atoms with Gasteiger partial charge < -0.3 is 14.9 Å². The summed E-state index contributed by atoms with van der Waals surface area (Å²) in [4.78, 5) is 30.5. The zero-order valence-corrected chi connectivity index (χ0v) is 21.1. The fourth-order valence-electron chi connectivity index (χ4n) is 5.37. The number of aromatic nitrogens is 4. The van der Waals surface area contributed by atoms with E-state index in [0.29, 0.717) is 59.0 Å². The highest BCUT2D eigenvalue weighted by Crippen LogP contribution is 2.49. The van der Waals surface area contributed by atoms with Crippen molar-refractivity contribution in [1.29, 1.82) is 5.26 Å². The average molecular weight is 512 g/mol. The van der Waals surface area contributed by atoms with Gasteiger partial charge in [0.1, 0.15) is 29.4 Å². The van der Waals surface area contributed by atoms with Crippen LogP contribution in [0.3, 0.4) is 0 Å². The Balaban J connectivity index is 1.52. The Bertz CT molecular complexity index is 1610. The van der Waals surface area contributed by atoms with Crippen LogP contribution >= 0.6 is 0 Å². The molecule has 1 N–H and O–H groups in total. The smallest absolute Gasteiger partial charge is 0.254 e. The molecule has 10 heteroatoms. The number of hydrogen-bond donors (Lipinski definition) is 1. The van der Waals surface area contributed by atoms with E-state index < -0.39 is 5.60 Å². The van der Waals surface area contributed by atoms with Crippen LogP contribution in [0.5, 0.6) is 0 Å². The Morgan fingerprint density at radius 1 is 1.13 bits per heavy atom. The lowest BCUT2D eigenvalue weighted by Crippen LogP contribution is -2.60. The summed E-state index contributed by atoms with van der Waals surface area (Å²) in [5.74, 6) is 0.485. The number of benzene rings is 1. The Morgan fingerprint density at radius 3 is 2.63 bits per heavy atom. The predicted molar refractivity (Wildman–Crippen MR) is 139 cm³/mol. The van der Waals surface area contributed by atoms with E-state index in [0.717, 1.165) is 12.8 Å². The Labute approximate surface area is 218 Å². The van der Waals surface area contributed by atoms with Gasteiger partial charge in [-0.1, -0.05) is 18.2 Å². The molecular formula is C28H26FN7O2. The molecule has 1 aliphatic heterocycles. The zero-order valence-electron chi connectivity index (χ0n) is 21.1. The normalized spacial score (nSPS) is 16.6. The van der Waals surface area contributed by atoms with Gasteiger partial charge >= 0.3 is 0 Å². The van der Waals surface area contributed by atoms with Crippen LogP contribution < -0.4 is 4.90 Å². The molecule has 1 spiro atoms. The van der Waals surface area contributed by atoms with E-state index in [1.807, 2.05) is 0 Å². The molecule has 9 nitrogen and oxygen atoms in total. The number of halogens is 1. The lowest BCUT2D eigenvalue weighted by atomic mass is 10.0. The second-order valence-electron chi connectivity index (χ2n) is 10.5. The molecule has 0 atom stereocenters. The number of pyridine rings is 1. The second kappa shape index (κ2) is 8.60. The van der Waals surface area contributed by atoms with Crippen molar-refractivity contribution >= 4 is 22.8 Å². The van der Waals surface area contributed by atoms with E-state index in [1.54, 1.807) is 52.2 Å². The number of amides is 1. The van der Waals surface area contributed by atoms with Crippen molar-refractivity contribution in [2.24, 2.45) is 0 Å². The molecule has 1 aliphatic carbocycles. The SMILES string of the molecule is CC(C)(O)C(=O)N1CCN(c2ncnc3c2c(-c2ccccc2F)cn3-c2cc(C#N)ccn2)C2(CC2)C1. The second-order valence-corrected chi connectivity index (χ2v) is 10.5. The zero-order chi connectivity index (χ0) is 26.7. The lowest BCUT2D eigenvalue weighted by Gasteiger charge is -2.44. The van der Waals surface area contributed by atoms with E-state index in [9.17, 15) is 15.2 Å². The third-order valence-electron chi connectivity index (χ3n) is 7.39. The molecule has 1 saturated carbocycles. The lowest BCUT2D eigenvalue weighted by molar-refractivity contribution is -0.148. The minimum Gasteiger partial charge on any atom is -0.381 e. The van der Waals surface area contributed by atoms with Gasteiger partial charge in [-0.15, -0.1) is 0 Å². The van der Waals surface area contributed by atoms with E-state index >= 15 is 4.39 Å². The number of anilines is 1. The molecule has 192 valence electrons. The van der Waals surface area contributed by atoms with Gasteiger partial charge in [-0.25, -0.2) is 19.3 Å². The quantitative estimate of drug-likeness (QED) is 0.447. The molecule has 2 fully saturated rings. The molecule has 4 heterocycles. The number of rotatable bonds is 4. The fraction of sp³-hybridized carbons (Fsp3) is 0.321. The summed E-state index contributed by atoms with van der Waals surface area (Å²) >= 11 is 0. The molecular weight excluding hydrogens is 485 g/mol. The van der Waals surface area contributed by atoms with Crippen LogP contribution in [0.15, 0.2) is 55.1 Å². The van der Waals surface area contributed by atoms with Crippen LogP contribution in [0, 0.1) is 17.1 Å². The summed E-state index contributed by atoms with van der Waals surface area (Å²) in [5, 5.41) is 20.4. The number of carbonyl (C=O) groups is 1. The number of aliphatic hydroxyl groups is 1. The molecule has 0 unspecified atom stereocenters. The molecule has 0 radical (unpaired) electrons. The van der Waals surface area contributed by atoms with E-state index in [-0.39, 0.29) is 17.3 Å². The Kier molecular flexibility index (Phi) is 5.43. The minimum atomic E-state index is -1.44. The van der Waals surface area contributed by atoms with Crippen LogP contribution in [-0.2, 0) is 4.79 Å². The number of nitrogens with zero attached hydrogens (tertiary/aromatic N) is 7. The molecule has 3 aromatic heterocycles. The molecule has 1 aromatic carbocycles. The van der Waals surface area contributed by atoms with Crippen LogP contribution in [0.25, 0.3) is 28.0 Å². The maximum Gasteiger partial charge on any atom is 0.254 e. The van der Waals surface area contributed by atoms with Crippen LogP contribution in [0.2, 0.25) is 0 Å². The first-order valence-electron chi connectivity index (χ1n) is 12.5. The summed E-state index contributed by atoms with van der Waals surface area (Å²) in [6, 6.07) is 12.0. The minimum absolute atomic E-state index is 0.294. The van der Waals surface area contributed by atoms with E-state index in [4.69, 9.17) is 4.98 Å². The predicted octanol–water partition coefficient (Wildman–Crippen LogP) is 3.45. The molecule has 0 bridgehead atoms. The van der Waals surface area contributed by atoms with E-state index in [1.165, 1.54) is 26.2 Å². The van der Waals surface area contributed by atoms with Gasteiger partial charge in [-0.05, 0) is 44.9 Å².